The van der Waals surface area contributed by atoms with Crippen LogP contribution in [0.3, 0.4) is 0 Å². The van der Waals surface area contributed by atoms with Gasteiger partial charge in [0.15, 0.2) is 0 Å². The van der Waals surface area contributed by atoms with Crippen LogP contribution in [0.2, 0.25) is 0 Å². The highest BCUT2D eigenvalue weighted by Gasteiger charge is 2.10. The molecule has 0 aliphatic heterocycles. The minimum atomic E-state index is -0.235. The second-order valence-electron chi connectivity index (χ2n) is 3.15. The normalized spacial score (nSPS) is 11.1. The molecule has 0 N–H and O–H groups in total. The Labute approximate surface area is 107 Å². The summed E-state index contributed by atoms with van der Waals surface area (Å²) in [6.07, 6.45) is 0. The number of aromatic nitrogens is 2. The van der Waals surface area contributed by atoms with E-state index in [1.54, 1.807) is 6.07 Å². The lowest BCUT2D eigenvalue weighted by molar-refractivity contribution is 0.538. The van der Waals surface area contributed by atoms with Crippen molar-refractivity contribution in [2.75, 3.05) is 0 Å². The summed E-state index contributed by atoms with van der Waals surface area (Å²) in [5.74, 6) is 0.243. The lowest BCUT2D eigenvalue weighted by atomic mass is 10.2. The molecule has 3 aromatic rings. The largest absolute Gasteiger partial charge is 0.411 e. The highest BCUT2D eigenvalue weighted by molar-refractivity contribution is 14.1. The smallest absolute Gasteiger partial charge is 0.278 e. The third kappa shape index (κ3) is 1.71. The van der Waals surface area contributed by atoms with Crippen molar-refractivity contribution >= 4 is 44.0 Å². The molecule has 0 unspecified atom stereocenters. The molecule has 16 heavy (non-hydrogen) atoms. The molecule has 3 nitrogen and oxygen atoms in total. The molecule has 6 heteroatoms. The fourth-order valence-corrected chi connectivity index (χ4v) is 2.74. The van der Waals surface area contributed by atoms with Crippen LogP contribution < -0.4 is 0 Å². The molecule has 80 valence electrons. The summed E-state index contributed by atoms with van der Waals surface area (Å²) in [5, 5.41) is 8.66. The predicted molar refractivity (Wildman–Crippen MR) is 67.8 cm³/mol. The Bertz CT molecular complexity index is 664. The van der Waals surface area contributed by atoms with E-state index in [-0.39, 0.29) is 5.82 Å². The summed E-state index contributed by atoms with van der Waals surface area (Å²) in [6.45, 7) is 0. The van der Waals surface area contributed by atoms with Crippen molar-refractivity contribution in [1.29, 1.82) is 0 Å². The quantitative estimate of drug-likeness (QED) is 0.631. The zero-order chi connectivity index (χ0) is 11.1. The first kappa shape index (κ1) is 10.2. The van der Waals surface area contributed by atoms with E-state index >= 15 is 0 Å². The van der Waals surface area contributed by atoms with Crippen LogP contribution in [0, 0.1) is 9.71 Å². The third-order valence-electron chi connectivity index (χ3n) is 2.09. The summed E-state index contributed by atoms with van der Waals surface area (Å²) in [5.41, 5.74) is 0. The Balaban J connectivity index is 2.18. The lowest BCUT2D eigenvalue weighted by Crippen LogP contribution is -1.70. The fraction of sp³-hybridized carbons (Fsp3) is 0. The van der Waals surface area contributed by atoms with Crippen molar-refractivity contribution < 1.29 is 8.81 Å². The van der Waals surface area contributed by atoms with Crippen LogP contribution in [0.15, 0.2) is 28.7 Å². The molecule has 0 saturated carbocycles. The van der Waals surface area contributed by atoms with Gasteiger partial charge in [0.2, 0.25) is 0 Å². The standard InChI is InChI=1S/C10H4FIN2OS/c11-6-2-1-5-3-8(16-7(5)4-6)9-13-14-10(12)15-9/h1-4H. The van der Waals surface area contributed by atoms with Gasteiger partial charge in [0, 0.05) is 27.3 Å². The Morgan fingerprint density at radius 1 is 1.25 bits per heavy atom. The molecule has 0 saturated heterocycles. The highest BCUT2D eigenvalue weighted by atomic mass is 127. The minimum Gasteiger partial charge on any atom is -0.411 e. The van der Waals surface area contributed by atoms with Crippen molar-refractivity contribution in [2.24, 2.45) is 0 Å². The van der Waals surface area contributed by atoms with Crippen molar-refractivity contribution in [3.63, 3.8) is 0 Å². The van der Waals surface area contributed by atoms with Gasteiger partial charge in [-0.3, -0.25) is 0 Å². The van der Waals surface area contributed by atoms with Gasteiger partial charge in [-0.2, -0.15) is 0 Å². The monoisotopic (exact) mass is 346 g/mol. The van der Waals surface area contributed by atoms with Gasteiger partial charge in [0.05, 0.1) is 4.88 Å². The molecule has 1 aromatic carbocycles. The Kier molecular flexibility index (Phi) is 2.40. The molecule has 0 aliphatic rings. The van der Waals surface area contributed by atoms with Crippen molar-refractivity contribution in [3.05, 3.63) is 34.0 Å². The maximum Gasteiger partial charge on any atom is 0.278 e. The van der Waals surface area contributed by atoms with Crippen LogP contribution in [-0.2, 0) is 0 Å². The number of thiophene rings is 1. The number of rotatable bonds is 1. The SMILES string of the molecule is Fc1ccc2cc(-c3nnc(I)o3)sc2c1. The highest BCUT2D eigenvalue weighted by Crippen LogP contribution is 2.33. The molecule has 3 rings (SSSR count). The van der Waals surface area contributed by atoms with Gasteiger partial charge >= 0.3 is 0 Å². The van der Waals surface area contributed by atoms with Gasteiger partial charge in [-0.15, -0.1) is 21.5 Å². The van der Waals surface area contributed by atoms with Crippen LogP contribution in [0.5, 0.6) is 0 Å². The van der Waals surface area contributed by atoms with E-state index in [1.807, 2.05) is 28.7 Å². The first-order valence-electron chi connectivity index (χ1n) is 4.41. The molecular weight excluding hydrogens is 342 g/mol. The summed E-state index contributed by atoms with van der Waals surface area (Å²) < 4.78 is 19.7. The topological polar surface area (TPSA) is 38.9 Å². The first-order valence-corrected chi connectivity index (χ1v) is 6.30. The minimum absolute atomic E-state index is 0.235. The Morgan fingerprint density at radius 2 is 2.12 bits per heavy atom. The number of benzene rings is 1. The molecule has 0 bridgehead atoms. The number of fused-ring (bicyclic) bond motifs is 1. The van der Waals surface area contributed by atoms with Crippen LogP contribution >= 0.6 is 33.9 Å². The predicted octanol–water partition coefficient (Wildman–Crippen LogP) is 3.70. The summed E-state index contributed by atoms with van der Waals surface area (Å²) in [6, 6.07) is 6.61. The van der Waals surface area contributed by atoms with E-state index in [2.05, 4.69) is 10.2 Å². The Morgan fingerprint density at radius 3 is 2.88 bits per heavy atom. The maximum atomic E-state index is 13.0. The maximum absolute atomic E-state index is 13.0. The molecule has 0 fully saturated rings. The van der Waals surface area contributed by atoms with Gasteiger partial charge in [-0.05, 0) is 23.6 Å². The second-order valence-corrected chi connectivity index (χ2v) is 5.16. The number of nitrogens with zero attached hydrogens (tertiary/aromatic N) is 2. The molecule has 2 aromatic heterocycles. The lowest BCUT2D eigenvalue weighted by Gasteiger charge is -1.86. The number of halogens is 2. The average molecular weight is 346 g/mol. The van der Waals surface area contributed by atoms with E-state index in [0.29, 0.717) is 9.79 Å². The molecule has 0 amide bonds. The van der Waals surface area contributed by atoms with Crippen LogP contribution in [-0.4, -0.2) is 10.2 Å². The molecule has 0 atom stereocenters. The fourth-order valence-electron chi connectivity index (χ4n) is 1.42. The first-order chi connectivity index (χ1) is 7.72. The van der Waals surface area contributed by atoms with Crippen LogP contribution in [0.4, 0.5) is 4.39 Å². The van der Waals surface area contributed by atoms with Gasteiger partial charge in [-0.25, -0.2) is 4.39 Å². The van der Waals surface area contributed by atoms with Crippen LogP contribution in [0.1, 0.15) is 0 Å². The second kappa shape index (κ2) is 3.77. The van der Waals surface area contributed by atoms with Gasteiger partial charge in [0.1, 0.15) is 5.82 Å². The molecule has 0 spiro atoms. The summed E-state index contributed by atoms with van der Waals surface area (Å²) >= 11 is 3.39. The third-order valence-corrected chi connectivity index (χ3v) is 3.62. The molecule has 0 aliphatic carbocycles. The average Bonchev–Trinajstić information content (AvgIpc) is 2.83. The molecular formula is C10H4FIN2OS. The Hall–Kier alpha value is -1.02. The zero-order valence-electron chi connectivity index (χ0n) is 7.78. The summed E-state index contributed by atoms with van der Waals surface area (Å²) in [7, 11) is 0. The van der Waals surface area contributed by atoms with E-state index < -0.39 is 0 Å². The summed E-state index contributed by atoms with van der Waals surface area (Å²) in [4.78, 5) is 0.857. The van der Waals surface area contributed by atoms with Crippen molar-refractivity contribution in [1.82, 2.24) is 10.2 Å². The van der Waals surface area contributed by atoms with Crippen LogP contribution in [0.25, 0.3) is 20.9 Å². The van der Waals surface area contributed by atoms with E-state index in [0.717, 1.165) is 15.0 Å². The van der Waals surface area contributed by atoms with E-state index in [9.17, 15) is 4.39 Å². The van der Waals surface area contributed by atoms with E-state index in [4.69, 9.17) is 4.42 Å². The van der Waals surface area contributed by atoms with Gasteiger partial charge in [-0.1, -0.05) is 6.07 Å². The van der Waals surface area contributed by atoms with Gasteiger partial charge in [0.25, 0.3) is 9.79 Å². The molecule has 0 radical (unpaired) electrons. The van der Waals surface area contributed by atoms with Crippen molar-refractivity contribution in [2.45, 2.75) is 0 Å². The number of hydrogen-bond donors (Lipinski definition) is 0. The number of hydrogen-bond acceptors (Lipinski definition) is 4. The van der Waals surface area contributed by atoms with E-state index in [1.165, 1.54) is 23.5 Å². The van der Waals surface area contributed by atoms with Crippen molar-refractivity contribution in [3.8, 4) is 10.8 Å². The molecule has 2 heterocycles. The van der Waals surface area contributed by atoms with Gasteiger partial charge < -0.3 is 4.42 Å². The zero-order valence-corrected chi connectivity index (χ0v) is 10.8.